The molecule has 3 heterocycles. The third-order valence-electron chi connectivity index (χ3n) is 5.52. The Balaban J connectivity index is 1.70. The lowest BCUT2D eigenvalue weighted by atomic mass is 10.1. The summed E-state index contributed by atoms with van der Waals surface area (Å²) in [7, 11) is 3.25. The minimum absolute atomic E-state index is 0.167. The molecule has 0 fully saturated rings. The number of aromatic nitrogens is 6. The number of anilines is 1. The Morgan fingerprint density at radius 3 is 2.32 bits per heavy atom. The standard InChI is InChI=1S/C24H27N7O2S/c1-15-12-27-19(14-26-15)16(2)17(3)34-30-24-29-28-23(18-8-7-11-25-13-18)31(24)22-20(32-4)9-6-10-21(22)33-5/h6-14,16-17H,1-5H3,(H,29,30). The highest BCUT2D eigenvalue weighted by atomic mass is 32.2. The van der Waals surface area contributed by atoms with Crippen LogP contribution in [0.4, 0.5) is 5.95 Å². The lowest BCUT2D eigenvalue weighted by molar-refractivity contribution is 0.391. The van der Waals surface area contributed by atoms with E-state index in [1.807, 2.05) is 48.0 Å². The van der Waals surface area contributed by atoms with Crippen LogP contribution in [0.2, 0.25) is 0 Å². The summed E-state index contributed by atoms with van der Waals surface area (Å²) in [5, 5.41) is 9.09. The number of benzene rings is 1. The zero-order valence-corrected chi connectivity index (χ0v) is 20.6. The van der Waals surface area contributed by atoms with Crippen LogP contribution < -0.4 is 14.2 Å². The highest BCUT2D eigenvalue weighted by Gasteiger charge is 2.24. The fourth-order valence-electron chi connectivity index (χ4n) is 3.42. The zero-order chi connectivity index (χ0) is 24.1. The minimum atomic E-state index is 0.167. The molecule has 4 rings (SSSR count). The highest BCUT2D eigenvalue weighted by Crippen LogP contribution is 2.38. The van der Waals surface area contributed by atoms with Gasteiger partial charge >= 0.3 is 0 Å². The van der Waals surface area contributed by atoms with E-state index in [1.54, 1.807) is 44.8 Å². The predicted octanol–water partition coefficient (Wildman–Crippen LogP) is 4.70. The molecule has 0 bridgehead atoms. The van der Waals surface area contributed by atoms with E-state index in [4.69, 9.17) is 9.47 Å². The summed E-state index contributed by atoms with van der Waals surface area (Å²) in [5.74, 6) is 2.59. The van der Waals surface area contributed by atoms with Gasteiger partial charge in [0.05, 0.1) is 25.6 Å². The second kappa shape index (κ2) is 10.5. The van der Waals surface area contributed by atoms with Gasteiger partial charge in [0.2, 0.25) is 5.95 Å². The van der Waals surface area contributed by atoms with Gasteiger partial charge in [0.15, 0.2) is 5.82 Å². The fourth-order valence-corrected chi connectivity index (χ4v) is 4.19. The molecule has 176 valence electrons. The van der Waals surface area contributed by atoms with Crippen molar-refractivity contribution in [3.8, 4) is 28.6 Å². The van der Waals surface area contributed by atoms with Crippen LogP contribution in [0.15, 0.2) is 55.1 Å². The van der Waals surface area contributed by atoms with Crippen molar-refractivity contribution in [2.24, 2.45) is 0 Å². The van der Waals surface area contributed by atoms with E-state index in [0.717, 1.165) is 17.0 Å². The molecule has 9 nitrogen and oxygen atoms in total. The summed E-state index contributed by atoms with van der Waals surface area (Å²) in [5.41, 5.74) is 3.36. The zero-order valence-electron chi connectivity index (χ0n) is 19.8. The van der Waals surface area contributed by atoms with Crippen molar-refractivity contribution in [2.45, 2.75) is 31.9 Å². The van der Waals surface area contributed by atoms with Crippen LogP contribution in [0.5, 0.6) is 11.5 Å². The summed E-state index contributed by atoms with van der Waals surface area (Å²) in [4.78, 5) is 13.2. The van der Waals surface area contributed by atoms with E-state index >= 15 is 0 Å². The summed E-state index contributed by atoms with van der Waals surface area (Å²) in [6, 6.07) is 9.43. The molecule has 0 saturated carbocycles. The van der Waals surface area contributed by atoms with E-state index < -0.39 is 0 Å². The molecule has 0 aliphatic heterocycles. The second-order valence-corrected chi connectivity index (χ2v) is 8.92. The van der Waals surface area contributed by atoms with Crippen molar-refractivity contribution in [3.05, 3.63) is 66.5 Å². The number of nitrogens with zero attached hydrogens (tertiary/aromatic N) is 6. The molecule has 0 saturated heterocycles. The molecule has 2 atom stereocenters. The van der Waals surface area contributed by atoms with E-state index in [1.165, 1.54) is 0 Å². The van der Waals surface area contributed by atoms with Crippen LogP contribution in [-0.2, 0) is 0 Å². The number of para-hydroxylation sites is 1. The predicted molar refractivity (Wildman–Crippen MR) is 134 cm³/mol. The first-order chi connectivity index (χ1) is 16.5. The monoisotopic (exact) mass is 477 g/mol. The van der Waals surface area contributed by atoms with Crippen molar-refractivity contribution in [3.63, 3.8) is 0 Å². The number of aryl methyl sites for hydroxylation is 1. The van der Waals surface area contributed by atoms with Crippen molar-refractivity contribution in [1.82, 2.24) is 29.7 Å². The first kappa shape index (κ1) is 23.5. The topological polar surface area (TPSA) is 99.9 Å². The minimum Gasteiger partial charge on any atom is -0.494 e. The average molecular weight is 478 g/mol. The van der Waals surface area contributed by atoms with E-state index in [0.29, 0.717) is 29.0 Å². The molecule has 1 aromatic carbocycles. The molecule has 0 amide bonds. The fraction of sp³-hybridized carbons (Fsp3) is 0.292. The van der Waals surface area contributed by atoms with Crippen LogP contribution >= 0.6 is 11.9 Å². The van der Waals surface area contributed by atoms with Crippen LogP contribution in [0, 0.1) is 6.92 Å². The molecule has 0 aliphatic carbocycles. The number of pyridine rings is 1. The normalized spacial score (nSPS) is 12.7. The first-order valence-electron chi connectivity index (χ1n) is 10.8. The maximum absolute atomic E-state index is 5.67. The van der Waals surface area contributed by atoms with Crippen molar-refractivity contribution >= 4 is 17.9 Å². The molecule has 10 heteroatoms. The van der Waals surface area contributed by atoms with Gasteiger partial charge in [-0.1, -0.05) is 19.9 Å². The maximum Gasteiger partial charge on any atom is 0.239 e. The molecule has 4 aromatic rings. The Labute approximate surface area is 203 Å². The smallest absolute Gasteiger partial charge is 0.239 e. The first-order valence-corrected chi connectivity index (χ1v) is 11.7. The Hall–Kier alpha value is -3.66. The number of hydrogen-bond donors (Lipinski definition) is 1. The van der Waals surface area contributed by atoms with Crippen LogP contribution in [0.25, 0.3) is 17.1 Å². The molecule has 3 aromatic heterocycles. The molecule has 0 radical (unpaired) electrons. The number of rotatable bonds is 9. The summed E-state index contributed by atoms with van der Waals surface area (Å²) >= 11 is 1.54. The molecule has 2 unspecified atom stereocenters. The van der Waals surface area contributed by atoms with E-state index in [9.17, 15) is 0 Å². The maximum atomic E-state index is 5.67. The summed E-state index contributed by atoms with van der Waals surface area (Å²) < 4.78 is 16.6. The van der Waals surface area contributed by atoms with Crippen LogP contribution in [-0.4, -0.2) is 49.2 Å². The Morgan fingerprint density at radius 2 is 1.71 bits per heavy atom. The summed E-state index contributed by atoms with van der Waals surface area (Å²) in [6.45, 7) is 6.20. The van der Waals surface area contributed by atoms with E-state index in [-0.39, 0.29) is 11.2 Å². The van der Waals surface area contributed by atoms with Crippen molar-refractivity contribution in [1.29, 1.82) is 0 Å². The van der Waals surface area contributed by atoms with Crippen LogP contribution in [0.3, 0.4) is 0 Å². The second-order valence-electron chi connectivity index (χ2n) is 7.73. The quantitative estimate of drug-likeness (QED) is 0.344. The van der Waals surface area contributed by atoms with Gasteiger partial charge in [0.25, 0.3) is 0 Å². The Kier molecular flexibility index (Phi) is 7.27. The van der Waals surface area contributed by atoms with Crippen LogP contribution in [0.1, 0.15) is 31.2 Å². The molecular formula is C24H27N7O2S. The van der Waals surface area contributed by atoms with Gasteiger partial charge in [-0.05, 0) is 43.1 Å². The van der Waals surface area contributed by atoms with Crippen molar-refractivity contribution in [2.75, 3.05) is 18.9 Å². The number of nitrogens with one attached hydrogen (secondary N) is 1. The Bertz CT molecular complexity index is 1210. The third kappa shape index (κ3) is 4.81. The van der Waals surface area contributed by atoms with Crippen molar-refractivity contribution < 1.29 is 9.47 Å². The molecule has 1 N–H and O–H groups in total. The largest absolute Gasteiger partial charge is 0.494 e. The van der Waals surface area contributed by atoms with Gasteiger partial charge in [-0.3, -0.25) is 24.2 Å². The van der Waals surface area contributed by atoms with Gasteiger partial charge in [-0.2, -0.15) is 0 Å². The third-order valence-corrected chi connectivity index (χ3v) is 6.60. The number of ether oxygens (including phenoxy) is 2. The lowest BCUT2D eigenvalue weighted by Gasteiger charge is -2.20. The van der Waals surface area contributed by atoms with Gasteiger partial charge in [0.1, 0.15) is 17.2 Å². The van der Waals surface area contributed by atoms with Gasteiger partial charge in [0, 0.05) is 41.5 Å². The molecule has 0 spiro atoms. The van der Waals surface area contributed by atoms with Gasteiger partial charge in [-0.15, -0.1) is 10.2 Å². The Morgan fingerprint density at radius 1 is 0.941 bits per heavy atom. The molecule has 0 aliphatic rings. The lowest BCUT2D eigenvalue weighted by Crippen LogP contribution is -2.14. The molecule has 34 heavy (non-hydrogen) atoms. The van der Waals surface area contributed by atoms with Gasteiger partial charge < -0.3 is 9.47 Å². The van der Waals surface area contributed by atoms with Gasteiger partial charge in [-0.25, -0.2) is 0 Å². The summed E-state index contributed by atoms with van der Waals surface area (Å²) in [6.07, 6.45) is 7.10. The number of hydrogen-bond acceptors (Lipinski definition) is 9. The van der Waals surface area contributed by atoms with E-state index in [2.05, 4.69) is 43.7 Å². The average Bonchev–Trinajstić information content (AvgIpc) is 3.30. The highest BCUT2D eigenvalue weighted by molar-refractivity contribution is 8.01. The number of methoxy groups -OCH3 is 2. The SMILES string of the molecule is COc1cccc(OC)c1-n1c(NSC(C)C(C)c2cnc(C)cn2)nnc1-c1cccnc1. The molecular weight excluding hydrogens is 450 g/mol.